The van der Waals surface area contributed by atoms with Gasteiger partial charge in [-0.15, -0.1) is 24.9 Å². The second kappa shape index (κ2) is 14.0. The molecule has 8 heteroatoms. The number of rotatable bonds is 15. The molecule has 3 saturated heterocycles. The first kappa shape index (κ1) is 33.3. The summed E-state index contributed by atoms with van der Waals surface area (Å²) in [5.74, 6) is -1.16. The van der Waals surface area contributed by atoms with Gasteiger partial charge in [0.15, 0.2) is 0 Å². The first-order valence-corrected chi connectivity index (χ1v) is 16.9. The number of aliphatic hydroxyl groups excluding tert-OH is 1. The minimum Gasteiger partial charge on any atom is -0.394 e. The van der Waals surface area contributed by atoms with E-state index in [4.69, 9.17) is 0 Å². The number of carbonyl (C=O) groups excluding carboxylic acids is 3. The third-order valence-corrected chi connectivity index (χ3v) is 11.9. The average Bonchev–Trinajstić information content (AvgIpc) is 3.57. The van der Waals surface area contributed by atoms with Gasteiger partial charge in [0.25, 0.3) is 0 Å². The second-order valence-electron chi connectivity index (χ2n) is 13.2. The summed E-state index contributed by atoms with van der Waals surface area (Å²) < 4.78 is -0.735. The molecule has 0 aliphatic carbocycles. The molecule has 3 aliphatic rings. The number of amides is 3. The van der Waals surface area contributed by atoms with Crippen molar-refractivity contribution in [3.63, 3.8) is 0 Å². The average molecular weight is 610 g/mol. The van der Waals surface area contributed by atoms with Gasteiger partial charge < -0.3 is 19.8 Å². The van der Waals surface area contributed by atoms with E-state index in [0.29, 0.717) is 26.1 Å². The summed E-state index contributed by atoms with van der Waals surface area (Å²) in [5, 5.41) is 10.6. The molecule has 2 bridgehead atoms. The Kier molecular flexibility index (Phi) is 10.9. The van der Waals surface area contributed by atoms with Crippen molar-refractivity contribution in [2.24, 2.45) is 23.7 Å². The lowest BCUT2D eigenvalue weighted by Crippen LogP contribution is -2.60. The van der Waals surface area contributed by atoms with Crippen LogP contribution >= 0.6 is 11.8 Å². The fraction of sp³-hybridized carbons (Fsp3) is 0.629. The molecular weight excluding hydrogens is 558 g/mol. The van der Waals surface area contributed by atoms with Crippen LogP contribution in [0.25, 0.3) is 0 Å². The normalized spacial score (nSPS) is 29.0. The van der Waals surface area contributed by atoms with E-state index >= 15 is 0 Å². The largest absolute Gasteiger partial charge is 0.394 e. The lowest BCUT2D eigenvalue weighted by molar-refractivity contribution is -0.148. The van der Waals surface area contributed by atoms with E-state index in [9.17, 15) is 19.5 Å². The fourth-order valence-electron chi connectivity index (χ4n) is 7.99. The molecule has 3 heterocycles. The van der Waals surface area contributed by atoms with Crippen molar-refractivity contribution in [3.05, 3.63) is 61.2 Å². The van der Waals surface area contributed by atoms with Crippen LogP contribution in [0.1, 0.15) is 65.9 Å². The molecule has 0 saturated carbocycles. The highest BCUT2D eigenvalue weighted by Crippen LogP contribution is 2.69. The minimum absolute atomic E-state index is 0.0223. The van der Waals surface area contributed by atoms with E-state index in [1.807, 2.05) is 40.1 Å². The molecule has 4 rings (SSSR count). The van der Waals surface area contributed by atoms with Crippen molar-refractivity contribution < 1.29 is 19.5 Å². The molecular formula is C35H51N3O4S. The van der Waals surface area contributed by atoms with Gasteiger partial charge in [-0.1, -0.05) is 76.6 Å². The summed E-state index contributed by atoms with van der Waals surface area (Å²) in [4.78, 5) is 49.5. The molecule has 8 atom stereocenters. The molecule has 1 aromatic carbocycles. The van der Waals surface area contributed by atoms with Crippen molar-refractivity contribution in [3.8, 4) is 0 Å². The number of carbonyl (C=O) groups is 3. The Balaban J connectivity index is 1.80. The highest BCUT2D eigenvalue weighted by molar-refractivity contribution is 8.02. The Morgan fingerprint density at radius 3 is 2.40 bits per heavy atom. The van der Waals surface area contributed by atoms with Crippen LogP contribution in [0.2, 0.25) is 0 Å². The van der Waals surface area contributed by atoms with Gasteiger partial charge in [0.05, 0.1) is 29.2 Å². The summed E-state index contributed by atoms with van der Waals surface area (Å²) in [6, 6.07) is 8.62. The zero-order valence-electron chi connectivity index (χ0n) is 26.7. The number of thioether (sulfide) groups is 1. The van der Waals surface area contributed by atoms with Crippen LogP contribution in [-0.4, -0.2) is 85.3 Å². The molecule has 4 unspecified atom stereocenters. The Hall–Kier alpha value is -2.58. The van der Waals surface area contributed by atoms with Crippen LogP contribution in [0.15, 0.2) is 55.6 Å². The second-order valence-corrected chi connectivity index (χ2v) is 14.7. The lowest BCUT2D eigenvalue weighted by Gasteiger charge is -2.43. The quantitative estimate of drug-likeness (QED) is 0.278. The van der Waals surface area contributed by atoms with Crippen molar-refractivity contribution >= 4 is 29.5 Å². The predicted molar refractivity (Wildman–Crippen MR) is 174 cm³/mol. The lowest BCUT2D eigenvalue weighted by atomic mass is 9.65. The highest BCUT2D eigenvalue weighted by atomic mass is 32.2. The van der Waals surface area contributed by atoms with E-state index in [-0.39, 0.29) is 47.5 Å². The molecule has 1 N–H and O–H groups in total. The van der Waals surface area contributed by atoms with Crippen LogP contribution in [0.5, 0.6) is 0 Å². The van der Waals surface area contributed by atoms with E-state index in [0.717, 1.165) is 24.8 Å². The van der Waals surface area contributed by atoms with E-state index < -0.39 is 28.7 Å². The summed E-state index contributed by atoms with van der Waals surface area (Å²) >= 11 is 1.70. The Bertz CT molecular complexity index is 1170. The molecule has 7 nitrogen and oxygen atoms in total. The fourth-order valence-corrected chi connectivity index (χ4v) is 10.4. The number of nitrogens with zero attached hydrogens (tertiary/aromatic N) is 3. The molecule has 1 aromatic rings. The summed E-state index contributed by atoms with van der Waals surface area (Å²) in [5.41, 5.74) is 1.02. The van der Waals surface area contributed by atoms with Crippen molar-refractivity contribution in [2.75, 3.05) is 19.7 Å². The van der Waals surface area contributed by atoms with E-state index in [2.05, 4.69) is 47.8 Å². The Morgan fingerprint density at radius 1 is 1.14 bits per heavy atom. The van der Waals surface area contributed by atoms with Gasteiger partial charge in [-0.05, 0) is 43.6 Å². The highest BCUT2D eigenvalue weighted by Gasteiger charge is 2.77. The molecule has 3 amide bonds. The number of benzene rings is 1. The van der Waals surface area contributed by atoms with Gasteiger partial charge in [0.1, 0.15) is 6.04 Å². The first-order valence-electron chi connectivity index (χ1n) is 16.0. The number of likely N-dealkylation sites (tertiary alicyclic amines) is 1. The van der Waals surface area contributed by atoms with Gasteiger partial charge in [-0.3, -0.25) is 14.4 Å². The molecule has 236 valence electrons. The number of hydrogen-bond acceptors (Lipinski definition) is 5. The van der Waals surface area contributed by atoms with Gasteiger partial charge in [-0.25, -0.2) is 0 Å². The maximum Gasteiger partial charge on any atom is 0.247 e. The maximum absolute atomic E-state index is 14.8. The first-order chi connectivity index (χ1) is 20.6. The maximum atomic E-state index is 14.8. The molecule has 0 aromatic heterocycles. The minimum atomic E-state index is -0.745. The molecule has 0 radical (unpaired) electrons. The molecule has 3 aliphatic heterocycles. The third kappa shape index (κ3) is 6.06. The van der Waals surface area contributed by atoms with Crippen LogP contribution in [0.3, 0.4) is 0 Å². The topological polar surface area (TPSA) is 81.2 Å². The Labute approximate surface area is 262 Å². The number of aliphatic hydroxyl groups is 1. The van der Waals surface area contributed by atoms with Gasteiger partial charge in [0, 0.05) is 30.9 Å². The summed E-state index contributed by atoms with van der Waals surface area (Å²) in [7, 11) is 0. The van der Waals surface area contributed by atoms with Crippen LogP contribution in [0, 0.1) is 23.7 Å². The van der Waals surface area contributed by atoms with Crippen molar-refractivity contribution in [1.82, 2.24) is 14.7 Å². The summed E-state index contributed by atoms with van der Waals surface area (Å²) in [6.07, 6.45) is 6.62. The van der Waals surface area contributed by atoms with Crippen LogP contribution < -0.4 is 0 Å². The SMILES string of the molecule is C=CCN(Cc1ccccc1)C(=O)[C@@H]1[C@@H]2CC(C)C3(S2)C(C(=O)N(CC=C)C(C)CCC)N([C@@H](CO)CC(C)C)C(=O)[C@H]13. The van der Waals surface area contributed by atoms with Gasteiger partial charge in [0.2, 0.25) is 17.7 Å². The summed E-state index contributed by atoms with van der Waals surface area (Å²) in [6.45, 7) is 19.3. The van der Waals surface area contributed by atoms with Gasteiger partial charge in [-0.2, -0.15) is 0 Å². The monoisotopic (exact) mass is 609 g/mol. The third-order valence-electron chi connectivity index (χ3n) is 9.77. The smallest absolute Gasteiger partial charge is 0.247 e. The van der Waals surface area contributed by atoms with Crippen LogP contribution in [-0.2, 0) is 20.9 Å². The van der Waals surface area contributed by atoms with E-state index in [1.54, 1.807) is 28.8 Å². The van der Waals surface area contributed by atoms with Crippen molar-refractivity contribution in [2.45, 2.75) is 95.0 Å². The predicted octanol–water partition coefficient (Wildman–Crippen LogP) is 5.15. The van der Waals surface area contributed by atoms with E-state index in [1.165, 1.54) is 0 Å². The van der Waals surface area contributed by atoms with Crippen molar-refractivity contribution in [1.29, 1.82) is 0 Å². The zero-order valence-corrected chi connectivity index (χ0v) is 27.5. The van der Waals surface area contributed by atoms with Crippen LogP contribution in [0.4, 0.5) is 0 Å². The molecule has 43 heavy (non-hydrogen) atoms. The zero-order chi connectivity index (χ0) is 31.5. The molecule has 3 fully saturated rings. The standard InChI is InChI=1S/C35H51N3O4S/c1-8-14-25(7)37(18-10-3)34(42)31-35-24(6)20-28(43-35)29(30(35)33(41)38(31)27(22-39)19-23(4)5)32(40)36(17-9-2)21-26-15-12-11-13-16-26/h9-13,15-16,23-25,27-31,39H,2-3,8,14,17-22H2,1,4-7H3/t24?,25?,27-,28+,29-,30+,31?,35?/m1/s1. The number of hydrogen-bond donors (Lipinski definition) is 1. The number of fused-ring (bicyclic) bond motifs is 1. The Morgan fingerprint density at radius 2 is 1.81 bits per heavy atom. The van der Waals surface area contributed by atoms with Gasteiger partial charge >= 0.3 is 0 Å². The molecule has 1 spiro atoms.